The zero-order chi connectivity index (χ0) is 17.5. The summed E-state index contributed by atoms with van der Waals surface area (Å²) < 4.78 is 58.5. The number of carbonyl (C=O) groups is 1. The van der Waals surface area contributed by atoms with Crippen molar-refractivity contribution in [3.05, 3.63) is 44.6 Å². The SMILES string of the molecule is CC=C[C@@H]1[C@@H](C(=O)OCc2c(F)c(F)c(I)c(F)c2F)C1(C)C. The molecule has 1 saturated carbocycles. The fourth-order valence-electron chi connectivity index (χ4n) is 2.70. The van der Waals surface area contributed by atoms with E-state index in [-0.39, 0.29) is 11.3 Å². The van der Waals surface area contributed by atoms with Crippen molar-refractivity contribution >= 4 is 28.6 Å². The minimum atomic E-state index is -1.54. The molecule has 2 rings (SSSR count). The summed E-state index contributed by atoms with van der Waals surface area (Å²) in [6, 6.07) is 0. The van der Waals surface area contributed by atoms with Gasteiger partial charge in [0.1, 0.15) is 6.61 Å². The molecular formula is C16H15F4IO2. The third-order valence-electron chi connectivity index (χ3n) is 4.22. The predicted octanol–water partition coefficient (Wildman–Crippen LogP) is 4.74. The number of carbonyl (C=O) groups excluding carboxylic acids is 1. The highest BCUT2D eigenvalue weighted by atomic mass is 127. The van der Waals surface area contributed by atoms with E-state index in [1.807, 2.05) is 32.9 Å². The van der Waals surface area contributed by atoms with Crippen LogP contribution < -0.4 is 0 Å². The number of ether oxygens (including phenoxy) is 1. The zero-order valence-electron chi connectivity index (χ0n) is 12.7. The molecule has 1 aromatic rings. The first-order valence-corrected chi connectivity index (χ1v) is 8.02. The minimum absolute atomic E-state index is 0.0279. The van der Waals surface area contributed by atoms with Crippen molar-refractivity contribution in [2.45, 2.75) is 27.4 Å². The van der Waals surface area contributed by atoms with Gasteiger partial charge in [-0.15, -0.1) is 0 Å². The summed E-state index contributed by atoms with van der Waals surface area (Å²) >= 11 is 1.17. The summed E-state index contributed by atoms with van der Waals surface area (Å²) in [7, 11) is 0. The lowest BCUT2D eigenvalue weighted by atomic mass is 10.1. The Balaban J connectivity index is 2.15. The van der Waals surface area contributed by atoms with E-state index in [2.05, 4.69) is 0 Å². The van der Waals surface area contributed by atoms with Crippen LogP contribution in [0.1, 0.15) is 26.3 Å². The van der Waals surface area contributed by atoms with E-state index in [1.54, 1.807) is 0 Å². The van der Waals surface area contributed by atoms with Gasteiger partial charge in [0.2, 0.25) is 0 Å². The Kier molecular flexibility index (Phi) is 5.08. The van der Waals surface area contributed by atoms with Crippen LogP contribution in [-0.2, 0) is 16.1 Å². The van der Waals surface area contributed by atoms with Crippen molar-refractivity contribution in [1.29, 1.82) is 0 Å². The molecule has 2 nitrogen and oxygen atoms in total. The van der Waals surface area contributed by atoms with Crippen LogP contribution in [0.2, 0.25) is 0 Å². The van der Waals surface area contributed by atoms with Gasteiger partial charge >= 0.3 is 5.97 Å². The molecule has 7 heteroatoms. The molecule has 0 spiro atoms. The third kappa shape index (κ3) is 3.12. The van der Waals surface area contributed by atoms with Crippen molar-refractivity contribution in [2.75, 3.05) is 0 Å². The van der Waals surface area contributed by atoms with Crippen LogP contribution in [0.4, 0.5) is 17.6 Å². The fourth-order valence-corrected chi connectivity index (χ4v) is 3.18. The second-order valence-corrected chi connectivity index (χ2v) is 7.09. The van der Waals surface area contributed by atoms with Gasteiger partial charge in [0.05, 0.1) is 15.1 Å². The summed E-state index contributed by atoms with van der Waals surface area (Å²) in [4.78, 5) is 12.0. The summed E-state index contributed by atoms with van der Waals surface area (Å²) in [5, 5.41) is 0. The first-order valence-electron chi connectivity index (χ1n) is 6.94. The van der Waals surface area contributed by atoms with E-state index in [1.165, 1.54) is 22.6 Å². The zero-order valence-corrected chi connectivity index (χ0v) is 14.9. The molecule has 1 aliphatic carbocycles. The van der Waals surface area contributed by atoms with Crippen molar-refractivity contribution in [1.82, 2.24) is 0 Å². The van der Waals surface area contributed by atoms with Crippen LogP contribution in [-0.4, -0.2) is 5.97 Å². The number of esters is 1. The molecule has 0 bridgehead atoms. The topological polar surface area (TPSA) is 26.3 Å². The molecule has 0 saturated heterocycles. The van der Waals surface area contributed by atoms with E-state index in [0.29, 0.717) is 0 Å². The van der Waals surface area contributed by atoms with E-state index >= 15 is 0 Å². The molecule has 1 aromatic carbocycles. The van der Waals surface area contributed by atoms with Crippen molar-refractivity contribution in [3.8, 4) is 0 Å². The van der Waals surface area contributed by atoms with Gasteiger partial charge in [-0.25, -0.2) is 17.6 Å². The summed E-state index contributed by atoms with van der Waals surface area (Å²) in [6.07, 6.45) is 3.67. The van der Waals surface area contributed by atoms with E-state index in [4.69, 9.17) is 4.74 Å². The van der Waals surface area contributed by atoms with Gasteiger partial charge in [-0.3, -0.25) is 4.79 Å². The molecule has 0 heterocycles. The molecule has 0 radical (unpaired) electrons. The van der Waals surface area contributed by atoms with Gasteiger partial charge in [-0.05, 0) is 40.8 Å². The Hall–Kier alpha value is -1.12. The van der Waals surface area contributed by atoms with Crippen molar-refractivity contribution in [2.24, 2.45) is 17.3 Å². The Bertz CT molecular complexity index is 656. The lowest BCUT2D eigenvalue weighted by molar-refractivity contribution is -0.147. The highest BCUT2D eigenvalue weighted by Gasteiger charge is 2.61. The molecule has 0 unspecified atom stereocenters. The second kappa shape index (κ2) is 6.41. The van der Waals surface area contributed by atoms with Gasteiger partial charge in [0.25, 0.3) is 0 Å². The minimum Gasteiger partial charge on any atom is -0.460 e. The van der Waals surface area contributed by atoms with E-state index < -0.39 is 50.9 Å². The van der Waals surface area contributed by atoms with Gasteiger partial charge in [-0.1, -0.05) is 26.0 Å². The second-order valence-electron chi connectivity index (χ2n) is 6.01. The van der Waals surface area contributed by atoms with Gasteiger partial charge in [0, 0.05) is 0 Å². The lowest BCUT2D eigenvalue weighted by Crippen LogP contribution is -2.14. The molecule has 23 heavy (non-hydrogen) atoms. The normalized spacial score (nSPS) is 22.4. The van der Waals surface area contributed by atoms with Crippen LogP contribution in [0.5, 0.6) is 0 Å². The van der Waals surface area contributed by atoms with Crippen molar-refractivity contribution in [3.63, 3.8) is 0 Å². The maximum atomic E-state index is 13.7. The Labute approximate surface area is 145 Å². The molecule has 0 aliphatic heterocycles. The van der Waals surface area contributed by atoms with E-state index in [0.717, 1.165) is 0 Å². The number of hydrogen-bond donors (Lipinski definition) is 0. The van der Waals surface area contributed by atoms with Crippen LogP contribution in [0.25, 0.3) is 0 Å². The third-order valence-corrected chi connectivity index (χ3v) is 5.17. The highest BCUT2D eigenvalue weighted by molar-refractivity contribution is 14.1. The molecule has 1 aliphatic rings. The predicted molar refractivity (Wildman–Crippen MR) is 84.4 cm³/mol. The van der Waals surface area contributed by atoms with Gasteiger partial charge in [-0.2, -0.15) is 0 Å². The number of halogens is 5. The first-order chi connectivity index (χ1) is 10.6. The average Bonchev–Trinajstić information content (AvgIpc) is 3.04. The number of rotatable bonds is 4. The smallest absolute Gasteiger partial charge is 0.310 e. The van der Waals surface area contributed by atoms with Crippen LogP contribution in [0, 0.1) is 44.1 Å². The standard InChI is InChI=1S/C16H15F4IO2/c1-4-5-8-9(16(8,2)3)15(22)23-6-7-10(17)12(19)14(21)13(20)11(7)18/h4-5,8-9H,6H2,1-3H3/t8-,9+/m1/s1. The molecule has 0 N–H and O–H groups in total. The first kappa shape index (κ1) is 18.2. The van der Waals surface area contributed by atoms with Crippen LogP contribution in [0.3, 0.4) is 0 Å². The summed E-state index contributed by atoms with van der Waals surface area (Å²) in [5.41, 5.74) is -1.24. The largest absolute Gasteiger partial charge is 0.460 e. The number of allylic oxidation sites excluding steroid dienone is 2. The number of benzene rings is 1. The van der Waals surface area contributed by atoms with E-state index in [9.17, 15) is 22.4 Å². The molecule has 2 atom stereocenters. The van der Waals surface area contributed by atoms with Crippen molar-refractivity contribution < 1.29 is 27.1 Å². The lowest BCUT2D eigenvalue weighted by Gasteiger charge is -2.10. The summed E-state index contributed by atoms with van der Waals surface area (Å²) in [5.74, 6) is -7.18. The summed E-state index contributed by atoms with van der Waals surface area (Å²) in [6.45, 7) is 4.71. The van der Waals surface area contributed by atoms with Crippen LogP contribution >= 0.6 is 22.6 Å². The van der Waals surface area contributed by atoms with Gasteiger partial charge in [0.15, 0.2) is 23.3 Å². The molecule has 0 amide bonds. The van der Waals surface area contributed by atoms with Crippen LogP contribution in [0.15, 0.2) is 12.2 Å². The highest BCUT2D eigenvalue weighted by Crippen LogP contribution is 2.59. The Morgan fingerprint density at radius 2 is 1.70 bits per heavy atom. The monoisotopic (exact) mass is 442 g/mol. The Morgan fingerprint density at radius 3 is 2.17 bits per heavy atom. The van der Waals surface area contributed by atoms with Gasteiger partial charge < -0.3 is 4.74 Å². The quantitative estimate of drug-likeness (QED) is 0.168. The molecule has 0 aromatic heterocycles. The molecular weight excluding hydrogens is 427 g/mol. The Morgan fingerprint density at radius 1 is 1.17 bits per heavy atom. The maximum Gasteiger partial charge on any atom is 0.310 e. The molecule has 1 fully saturated rings. The average molecular weight is 442 g/mol. The number of hydrogen-bond acceptors (Lipinski definition) is 2. The molecule has 126 valence electrons. The fraction of sp³-hybridized carbons (Fsp3) is 0.438. The maximum absolute atomic E-state index is 13.7.